The molecular weight excluding hydrogens is 127 g/mol. The maximum Gasteiger partial charge on any atom is 0.309 e. The molecule has 0 bridgehead atoms. The molecule has 0 saturated heterocycles. The third-order valence-electron chi connectivity index (χ3n) is 0. The van der Waals surface area contributed by atoms with Crippen LogP contribution in [-0.4, -0.2) is 43.8 Å². The van der Waals surface area contributed by atoms with Gasteiger partial charge in [-0.3, -0.25) is 0 Å². The zero-order chi connectivity index (χ0) is 3.58. The summed E-state index contributed by atoms with van der Waals surface area (Å²) >= 11 is 0. The van der Waals surface area contributed by atoms with Crippen LogP contribution >= 0.6 is 9.90 Å². The quantitative estimate of drug-likeness (QED) is 0.314. The summed E-state index contributed by atoms with van der Waals surface area (Å²) in [5.74, 6) is 0. The number of carbonyl (C=O) groups is 1. The van der Waals surface area contributed by atoms with Crippen molar-refractivity contribution in [2.24, 2.45) is 11.5 Å². The second kappa shape index (κ2) is 9.35. The molecule has 2 amide bonds. The minimum atomic E-state index is -0.833. The van der Waals surface area contributed by atoms with Crippen molar-refractivity contribution in [3.63, 3.8) is 0 Å². The number of nitrogens with two attached hydrogens (primary N) is 2. The molecule has 3 nitrogen and oxygen atoms in total. The Balaban J connectivity index is -0.0000000450. The SMILES string of the molecule is NC(N)=O.P.[Ca]. The first-order valence-electron chi connectivity index (χ1n) is 0.781. The summed E-state index contributed by atoms with van der Waals surface area (Å²) in [4.78, 5) is 9.00. The first-order chi connectivity index (χ1) is 1.73. The first kappa shape index (κ1) is 15.8. The number of primary amides is 2. The van der Waals surface area contributed by atoms with Crippen LogP contribution in [0.1, 0.15) is 0 Å². The second-order valence-electron chi connectivity index (χ2n) is 0.402. The molecule has 0 aromatic heterocycles. The van der Waals surface area contributed by atoms with E-state index in [-0.39, 0.29) is 47.6 Å². The van der Waals surface area contributed by atoms with Crippen LogP contribution < -0.4 is 11.5 Å². The van der Waals surface area contributed by atoms with Crippen LogP contribution in [0.4, 0.5) is 4.79 Å². The van der Waals surface area contributed by atoms with Gasteiger partial charge in [-0.25, -0.2) is 4.79 Å². The maximum absolute atomic E-state index is 9.00. The topological polar surface area (TPSA) is 69.1 Å². The van der Waals surface area contributed by atoms with Crippen LogP contribution in [0, 0.1) is 0 Å². The van der Waals surface area contributed by atoms with Crippen LogP contribution in [0.2, 0.25) is 0 Å². The molecule has 6 heavy (non-hydrogen) atoms. The number of carbonyl (C=O) groups excluding carboxylic acids is 1. The summed E-state index contributed by atoms with van der Waals surface area (Å²) in [6.07, 6.45) is 0. The Kier molecular flexibility index (Phi) is 24.6. The molecule has 0 saturated carbocycles. The van der Waals surface area contributed by atoms with Crippen molar-refractivity contribution in [2.75, 3.05) is 0 Å². The Labute approximate surface area is 69.4 Å². The number of hydrogen-bond donors (Lipinski definition) is 2. The van der Waals surface area contributed by atoms with Crippen molar-refractivity contribution in [3.8, 4) is 0 Å². The molecule has 2 radical (unpaired) electrons. The fourth-order valence-corrected chi connectivity index (χ4v) is 0. The predicted octanol–water partition coefficient (Wildman–Crippen LogP) is -1.30. The third-order valence-corrected chi connectivity index (χ3v) is 0. The summed E-state index contributed by atoms with van der Waals surface area (Å²) < 4.78 is 0. The number of hydrogen-bond acceptors (Lipinski definition) is 1. The Bertz CT molecular complexity index is 36.5. The fraction of sp³-hybridized carbons (Fsp3) is 0. The molecule has 0 spiro atoms. The van der Waals surface area contributed by atoms with Gasteiger partial charge in [-0.1, -0.05) is 0 Å². The summed E-state index contributed by atoms with van der Waals surface area (Å²) in [6.45, 7) is 0. The van der Waals surface area contributed by atoms with Gasteiger partial charge in [-0.15, -0.1) is 0 Å². The van der Waals surface area contributed by atoms with Gasteiger partial charge < -0.3 is 11.5 Å². The van der Waals surface area contributed by atoms with E-state index in [0.29, 0.717) is 0 Å². The molecule has 0 aliphatic rings. The third kappa shape index (κ3) is 84.4. The van der Waals surface area contributed by atoms with Gasteiger partial charge in [0.25, 0.3) is 0 Å². The second-order valence-corrected chi connectivity index (χ2v) is 0.402. The molecule has 0 rings (SSSR count). The van der Waals surface area contributed by atoms with E-state index in [4.69, 9.17) is 4.79 Å². The van der Waals surface area contributed by atoms with Crippen LogP contribution in [0.5, 0.6) is 0 Å². The van der Waals surface area contributed by atoms with E-state index in [9.17, 15) is 0 Å². The van der Waals surface area contributed by atoms with Crippen molar-refractivity contribution in [1.29, 1.82) is 0 Å². The molecule has 0 aromatic rings. The molecule has 0 aromatic carbocycles. The molecule has 1 unspecified atom stereocenters. The Morgan fingerprint density at radius 1 is 1.33 bits per heavy atom. The molecule has 4 N–H and O–H groups in total. The van der Waals surface area contributed by atoms with E-state index < -0.39 is 6.03 Å². The smallest absolute Gasteiger partial charge is 0.309 e. The minimum Gasteiger partial charge on any atom is -0.352 e. The van der Waals surface area contributed by atoms with Crippen molar-refractivity contribution < 1.29 is 4.79 Å². The van der Waals surface area contributed by atoms with Gasteiger partial charge in [0.05, 0.1) is 0 Å². The van der Waals surface area contributed by atoms with E-state index in [1.807, 2.05) is 0 Å². The average molecular weight is 134 g/mol. The van der Waals surface area contributed by atoms with Crippen LogP contribution in [0.25, 0.3) is 0 Å². The predicted molar refractivity (Wildman–Crippen MR) is 30.6 cm³/mol. The van der Waals surface area contributed by atoms with Crippen molar-refractivity contribution in [1.82, 2.24) is 0 Å². The fourth-order valence-electron chi connectivity index (χ4n) is 0. The average Bonchev–Trinajstić information content (AvgIpc) is 0.811. The van der Waals surface area contributed by atoms with Gasteiger partial charge >= 0.3 is 6.03 Å². The molecule has 34 valence electrons. The van der Waals surface area contributed by atoms with Gasteiger partial charge in [-0.05, 0) is 0 Å². The van der Waals surface area contributed by atoms with Crippen LogP contribution in [-0.2, 0) is 0 Å². The number of urea groups is 1. The van der Waals surface area contributed by atoms with Crippen molar-refractivity contribution in [2.45, 2.75) is 0 Å². The molecule has 5 heteroatoms. The molecule has 0 fully saturated rings. The van der Waals surface area contributed by atoms with E-state index in [1.54, 1.807) is 0 Å². The molecule has 0 aliphatic heterocycles. The zero-order valence-electron chi connectivity index (χ0n) is 3.48. The standard InChI is InChI=1S/CH4N2O.Ca.H3P/c2-1(3)4;;/h(H4,2,3,4);;1H3. The zero-order valence-corrected chi connectivity index (χ0v) is 7.10. The summed E-state index contributed by atoms with van der Waals surface area (Å²) in [6, 6.07) is -0.833. The largest absolute Gasteiger partial charge is 0.352 e. The Morgan fingerprint density at radius 3 is 1.33 bits per heavy atom. The van der Waals surface area contributed by atoms with Gasteiger partial charge in [0.15, 0.2) is 0 Å². The summed E-state index contributed by atoms with van der Waals surface area (Å²) in [5.41, 5.74) is 8.50. The van der Waals surface area contributed by atoms with E-state index in [0.717, 1.165) is 0 Å². The minimum absolute atomic E-state index is 0. The number of amides is 2. The Morgan fingerprint density at radius 2 is 1.33 bits per heavy atom. The molecule has 1 atom stereocenters. The van der Waals surface area contributed by atoms with Crippen molar-refractivity contribution in [3.05, 3.63) is 0 Å². The maximum atomic E-state index is 9.00. The van der Waals surface area contributed by atoms with Crippen LogP contribution in [0.3, 0.4) is 0 Å². The van der Waals surface area contributed by atoms with E-state index in [2.05, 4.69) is 11.5 Å². The van der Waals surface area contributed by atoms with Gasteiger partial charge in [-0.2, -0.15) is 9.90 Å². The molecule has 0 heterocycles. The van der Waals surface area contributed by atoms with Crippen LogP contribution in [0.15, 0.2) is 0 Å². The van der Waals surface area contributed by atoms with Gasteiger partial charge in [0.2, 0.25) is 0 Å². The molecule has 0 aliphatic carbocycles. The van der Waals surface area contributed by atoms with E-state index >= 15 is 0 Å². The monoisotopic (exact) mass is 134 g/mol. The summed E-state index contributed by atoms with van der Waals surface area (Å²) in [7, 11) is 0. The normalized spacial score (nSPS) is 4.00. The van der Waals surface area contributed by atoms with Gasteiger partial charge in [0.1, 0.15) is 0 Å². The van der Waals surface area contributed by atoms with E-state index in [1.165, 1.54) is 0 Å². The van der Waals surface area contributed by atoms with Crippen molar-refractivity contribution >= 4 is 53.7 Å². The first-order valence-corrected chi connectivity index (χ1v) is 0.781. The molecular formula is CH7CaN2OP. The van der Waals surface area contributed by atoms with Gasteiger partial charge in [0, 0.05) is 37.7 Å². The summed E-state index contributed by atoms with van der Waals surface area (Å²) in [5, 5.41) is 0. The Hall–Kier alpha value is 0.960. The number of rotatable bonds is 0.